The van der Waals surface area contributed by atoms with E-state index in [4.69, 9.17) is 11.6 Å². The predicted octanol–water partition coefficient (Wildman–Crippen LogP) is 2.64. The lowest BCUT2D eigenvalue weighted by Gasteiger charge is -2.18. The summed E-state index contributed by atoms with van der Waals surface area (Å²) in [6.07, 6.45) is 0. The molecule has 0 aliphatic carbocycles. The SMILES string of the molecule is Cc1cc2nc3c(=O)[nH]c(=O)nc-3n(CCNCc3ccc(Cl)cc3)c2cc1C. The molecule has 0 aromatic heterocycles. The molecule has 7 nitrogen and oxygen atoms in total. The van der Waals surface area contributed by atoms with Gasteiger partial charge in [-0.15, -0.1) is 0 Å². The first kappa shape index (κ1) is 19.3. The molecule has 0 saturated heterocycles. The summed E-state index contributed by atoms with van der Waals surface area (Å²) in [5.74, 6) is 0.294. The molecule has 0 unspecified atom stereocenters. The third kappa shape index (κ3) is 3.92. The molecule has 2 aromatic rings. The molecule has 8 heteroatoms. The largest absolute Gasteiger partial charge is 0.349 e. The first-order chi connectivity index (χ1) is 13.9. The number of hydrogen-bond donors (Lipinski definition) is 2. The smallest absolute Gasteiger partial charge is 0.321 e. The normalized spacial score (nSPS) is 11.4. The third-order valence-corrected chi connectivity index (χ3v) is 5.23. The van der Waals surface area contributed by atoms with Crippen LogP contribution < -0.4 is 16.6 Å². The van der Waals surface area contributed by atoms with Crippen LogP contribution in [0, 0.1) is 13.8 Å². The molecule has 29 heavy (non-hydrogen) atoms. The van der Waals surface area contributed by atoms with Crippen LogP contribution in [0.4, 0.5) is 0 Å². The number of nitrogens with one attached hydrogen (secondary N) is 2. The molecule has 0 spiro atoms. The fourth-order valence-electron chi connectivity index (χ4n) is 3.30. The van der Waals surface area contributed by atoms with Gasteiger partial charge in [0.05, 0.1) is 11.0 Å². The lowest BCUT2D eigenvalue weighted by Crippen LogP contribution is -2.30. The van der Waals surface area contributed by atoms with E-state index in [9.17, 15) is 9.59 Å². The lowest BCUT2D eigenvalue weighted by molar-refractivity contribution is 0.603. The van der Waals surface area contributed by atoms with Crippen LogP contribution in [-0.4, -0.2) is 26.1 Å². The van der Waals surface area contributed by atoms with E-state index >= 15 is 0 Å². The average molecular weight is 410 g/mol. The molecule has 0 amide bonds. The van der Waals surface area contributed by atoms with Gasteiger partial charge in [0.15, 0.2) is 11.5 Å². The van der Waals surface area contributed by atoms with Gasteiger partial charge in [-0.2, -0.15) is 4.98 Å². The molecule has 2 aliphatic heterocycles. The molecular weight excluding hydrogens is 390 g/mol. The first-order valence-corrected chi connectivity index (χ1v) is 9.67. The van der Waals surface area contributed by atoms with Crippen LogP contribution in [0.2, 0.25) is 5.02 Å². The summed E-state index contributed by atoms with van der Waals surface area (Å²) >= 11 is 5.92. The van der Waals surface area contributed by atoms with Crippen LogP contribution >= 0.6 is 11.6 Å². The van der Waals surface area contributed by atoms with Crippen molar-refractivity contribution in [3.05, 3.63) is 78.9 Å². The molecule has 0 radical (unpaired) electrons. The maximum atomic E-state index is 12.3. The second-order valence-corrected chi connectivity index (χ2v) is 7.47. The Kier molecular flexibility index (Phi) is 5.17. The van der Waals surface area contributed by atoms with Crippen molar-refractivity contribution in [2.75, 3.05) is 6.54 Å². The summed E-state index contributed by atoms with van der Waals surface area (Å²) in [5.41, 5.74) is 3.81. The number of rotatable bonds is 5. The summed E-state index contributed by atoms with van der Waals surface area (Å²) in [6, 6.07) is 11.6. The molecule has 2 aliphatic rings. The van der Waals surface area contributed by atoms with Gasteiger partial charge in [0.25, 0.3) is 5.56 Å². The minimum absolute atomic E-state index is 0.165. The van der Waals surface area contributed by atoms with E-state index in [1.54, 1.807) is 0 Å². The van der Waals surface area contributed by atoms with Crippen LogP contribution in [0.3, 0.4) is 0 Å². The number of fused-ring (bicyclic) bond motifs is 2. The van der Waals surface area contributed by atoms with Crippen LogP contribution in [0.25, 0.3) is 22.6 Å². The highest BCUT2D eigenvalue weighted by Crippen LogP contribution is 2.23. The molecule has 0 atom stereocenters. The van der Waals surface area contributed by atoms with Gasteiger partial charge in [-0.25, -0.2) is 9.78 Å². The second kappa shape index (κ2) is 7.77. The van der Waals surface area contributed by atoms with Gasteiger partial charge in [0.2, 0.25) is 0 Å². The van der Waals surface area contributed by atoms with Crippen molar-refractivity contribution >= 4 is 22.6 Å². The average Bonchev–Trinajstić information content (AvgIpc) is 2.68. The number of H-pyrrole nitrogens is 1. The van der Waals surface area contributed by atoms with Crippen molar-refractivity contribution in [1.82, 2.24) is 24.8 Å². The summed E-state index contributed by atoms with van der Waals surface area (Å²) in [5, 5.41) is 4.08. The molecule has 148 valence electrons. The van der Waals surface area contributed by atoms with Crippen LogP contribution in [0.15, 0.2) is 46.0 Å². The quantitative estimate of drug-likeness (QED) is 0.390. The fourth-order valence-corrected chi connectivity index (χ4v) is 3.43. The zero-order valence-corrected chi connectivity index (χ0v) is 16.9. The van der Waals surface area contributed by atoms with Crippen molar-refractivity contribution in [2.24, 2.45) is 0 Å². The Bertz CT molecular complexity index is 1280. The van der Waals surface area contributed by atoms with Crippen molar-refractivity contribution in [1.29, 1.82) is 0 Å². The minimum atomic E-state index is -0.671. The third-order valence-electron chi connectivity index (χ3n) is 4.98. The summed E-state index contributed by atoms with van der Waals surface area (Å²) < 4.78 is 1.88. The van der Waals surface area contributed by atoms with E-state index in [-0.39, 0.29) is 5.69 Å². The molecule has 0 saturated carbocycles. The Morgan fingerprint density at radius 1 is 1.07 bits per heavy atom. The van der Waals surface area contributed by atoms with Gasteiger partial charge in [-0.05, 0) is 54.8 Å². The van der Waals surface area contributed by atoms with Crippen LogP contribution in [-0.2, 0) is 13.1 Å². The van der Waals surface area contributed by atoms with Crippen molar-refractivity contribution < 1.29 is 0 Å². The molecule has 2 N–H and O–H groups in total. The molecule has 0 bridgehead atoms. The number of aryl methyl sites for hydroxylation is 2. The number of aromatic nitrogens is 4. The van der Waals surface area contributed by atoms with Crippen molar-refractivity contribution in [3.8, 4) is 11.5 Å². The van der Waals surface area contributed by atoms with Gasteiger partial charge in [0.1, 0.15) is 0 Å². The molecular formula is C21H20ClN5O2. The van der Waals surface area contributed by atoms with Crippen LogP contribution in [0.1, 0.15) is 16.7 Å². The van der Waals surface area contributed by atoms with E-state index in [0.29, 0.717) is 36.0 Å². The number of benzene rings is 2. The van der Waals surface area contributed by atoms with E-state index in [1.165, 1.54) is 0 Å². The van der Waals surface area contributed by atoms with Crippen molar-refractivity contribution in [3.63, 3.8) is 0 Å². The van der Waals surface area contributed by atoms with Gasteiger partial charge in [0, 0.05) is 24.7 Å². The Balaban J connectivity index is 1.70. The number of nitrogens with zero attached hydrogens (tertiary/aromatic N) is 3. The Hall–Kier alpha value is -3.03. The topological polar surface area (TPSA) is 92.7 Å². The zero-order valence-electron chi connectivity index (χ0n) is 16.1. The summed E-state index contributed by atoms with van der Waals surface area (Å²) in [7, 11) is 0. The Labute approximate surface area is 171 Å². The number of halogens is 1. The van der Waals surface area contributed by atoms with Crippen molar-refractivity contribution in [2.45, 2.75) is 26.9 Å². The summed E-state index contributed by atoms with van der Waals surface area (Å²) in [4.78, 5) is 34.8. The molecule has 4 rings (SSSR count). The van der Waals surface area contributed by atoms with E-state index in [0.717, 1.165) is 22.2 Å². The highest BCUT2D eigenvalue weighted by atomic mass is 35.5. The predicted molar refractivity (Wildman–Crippen MR) is 114 cm³/mol. The molecule has 0 fully saturated rings. The Morgan fingerprint density at radius 3 is 2.55 bits per heavy atom. The van der Waals surface area contributed by atoms with E-state index in [1.807, 2.05) is 54.8 Å². The highest BCUT2D eigenvalue weighted by molar-refractivity contribution is 6.30. The fraction of sp³-hybridized carbons (Fsp3) is 0.238. The van der Waals surface area contributed by atoms with Gasteiger partial charge < -0.3 is 9.88 Å². The maximum Gasteiger partial charge on any atom is 0.349 e. The molecule has 2 aromatic carbocycles. The number of hydrogen-bond acceptors (Lipinski definition) is 5. The van der Waals surface area contributed by atoms with Gasteiger partial charge in [-0.3, -0.25) is 9.78 Å². The van der Waals surface area contributed by atoms with Gasteiger partial charge in [-0.1, -0.05) is 23.7 Å². The molecule has 2 heterocycles. The van der Waals surface area contributed by atoms with E-state index in [2.05, 4.69) is 20.3 Å². The van der Waals surface area contributed by atoms with Gasteiger partial charge >= 0.3 is 5.69 Å². The monoisotopic (exact) mass is 409 g/mol. The highest BCUT2D eigenvalue weighted by Gasteiger charge is 2.18. The minimum Gasteiger partial charge on any atom is -0.321 e. The number of aromatic amines is 1. The standard InChI is InChI=1S/C21H20ClN5O2/c1-12-9-16-17(10-13(12)2)27(19-18(24-16)20(28)26-21(29)25-19)8-7-23-11-14-3-5-15(22)6-4-14/h3-6,9-10,23H,7-8,11H2,1-2H3,(H,26,28,29). The zero-order chi connectivity index (χ0) is 20.5. The maximum absolute atomic E-state index is 12.3. The first-order valence-electron chi connectivity index (χ1n) is 9.29. The summed E-state index contributed by atoms with van der Waals surface area (Å²) in [6.45, 7) is 5.85. The second-order valence-electron chi connectivity index (χ2n) is 7.04. The Morgan fingerprint density at radius 2 is 1.79 bits per heavy atom. The van der Waals surface area contributed by atoms with E-state index < -0.39 is 11.2 Å². The lowest BCUT2D eigenvalue weighted by atomic mass is 10.1. The van der Waals surface area contributed by atoms with Crippen LogP contribution in [0.5, 0.6) is 0 Å².